The third kappa shape index (κ3) is 1.98. The van der Waals surface area contributed by atoms with Crippen LogP contribution in [0.15, 0.2) is 30.6 Å². The van der Waals surface area contributed by atoms with E-state index < -0.39 is 0 Å². The van der Waals surface area contributed by atoms with E-state index in [0.717, 1.165) is 16.8 Å². The monoisotopic (exact) mass is 220 g/mol. The van der Waals surface area contributed by atoms with Crippen molar-refractivity contribution in [1.82, 2.24) is 4.40 Å². The first-order valence-electron chi connectivity index (χ1n) is 4.96. The zero-order valence-electron chi connectivity index (χ0n) is 8.92. The highest BCUT2D eigenvalue weighted by Gasteiger charge is 2.06. The molecule has 0 saturated heterocycles. The lowest BCUT2D eigenvalue weighted by Crippen LogP contribution is -2.03. The van der Waals surface area contributed by atoms with Gasteiger partial charge in [-0.1, -0.05) is 0 Å². The molecule has 0 atom stereocenters. The lowest BCUT2D eigenvalue weighted by molar-refractivity contribution is -0.479. The zero-order chi connectivity index (χ0) is 11.5. The van der Waals surface area contributed by atoms with Gasteiger partial charge in [-0.05, 0) is 17.7 Å². The number of pyridine rings is 1. The highest BCUT2D eigenvalue weighted by molar-refractivity contribution is 5.58. The van der Waals surface area contributed by atoms with Crippen LogP contribution in [0.25, 0.3) is 5.52 Å². The van der Waals surface area contributed by atoms with Gasteiger partial charge in [-0.2, -0.15) is 0 Å². The van der Waals surface area contributed by atoms with Crippen LogP contribution in [0, 0.1) is 10.1 Å². The third-order valence-corrected chi connectivity index (χ3v) is 2.52. The van der Waals surface area contributed by atoms with E-state index in [2.05, 4.69) is 0 Å². The van der Waals surface area contributed by atoms with Crippen molar-refractivity contribution in [2.75, 3.05) is 13.7 Å². The van der Waals surface area contributed by atoms with Crippen molar-refractivity contribution < 1.29 is 9.66 Å². The summed E-state index contributed by atoms with van der Waals surface area (Å²) in [5.41, 5.74) is 1.93. The van der Waals surface area contributed by atoms with Crippen molar-refractivity contribution in [3.05, 3.63) is 46.3 Å². The molecular weight excluding hydrogens is 208 g/mol. The molecule has 0 amide bonds. The van der Waals surface area contributed by atoms with Crippen molar-refractivity contribution >= 4 is 5.52 Å². The van der Waals surface area contributed by atoms with Crippen molar-refractivity contribution in [3.8, 4) is 5.75 Å². The summed E-state index contributed by atoms with van der Waals surface area (Å²) in [6.07, 6.45) is 4.21. The fourth-order valence-electron chi connectivity index (χ4n) is 1.69. The zero-order valence-corrected chi connectivity index (χ0v) is 8.92. The van der Waals surface area contributed by atoms with Gasteiger partial charge in [0.1, 0.15) is 5.75 Å². The smallest absolute Gasteiger partial charge is 0.207 e. The minimum absolute atomic E-state index is 0.0448. The summed E-state index contributed by atoms with van der Waals surface area (Å²) in [6.45, 7) is -0.0448. The van der Waals surface area contributed by atoms with E-state index in [1.54, 1.807) is 7.11 Å². The molecule has 0 radical (unpaired) electrons. The summed E-state index contributed by atoms with van der Waals surface area (Å²) in [6, 6.07) is 5.64. The van der Waals surface area contributed by atoms with Crippen molar-refractivity contribution in [2.24, 2.45) is 0 Å². The Balaban J connectivity index is 2.34. The number of nitro groups is 1. The average molecular weight is 220 g/mol. The molecular formula is C11H12N2O3. The number of nitrogens with zero attached hydrogens (tertiary/aromatic N) is 2. The quantitative estimate of drug-likeness (QED) is 0.582. The van der Waals surface area contributed by atoms with Crippen LogP contribution in [0.5, 0.6) is 5.75 Å². The maximum absolute atomic E-state index is 10.3. The normalized spacial score (nSPS) is 10.6. The van der Waals surface area contributed by atoms with Gasteiger partial charge in [0.2, 0.25) is 6.54 Å². The first kappa shape index (κ1) is 10.5. The standard InChI is InChI=1S/C11H12N2O3/c1-16-10-4-6-12-5-2-9(11(12)8-10)3-7-13(14)15/h2,4-6,8H,3,7H2,1H3. The number of aromatic nitrogens is 1. The average Bonchev–Trinajstić information content (AvgIpc) is 2.68. The largest absolute Gasteiger partial charge is 0.497 e. The molecule has 0 spiro atoms. The summed E-state index contributed by atoms with van der Waals surface area (Å²) >= 11 is 0. The molecule has 0 unspecified atom stereocenters. The molecule has 2 heterocycles. The molecule has 0 aliphatic carbocycles. The maximum Gasteiger partial charge on any atom is 0.207 e. The van der Waals surface area contributed by atoms with Gasteiger partial charge < -0.3 is 9.14 Å². The summed E-state index contributed by atoms with van der Waals surface area (Å²) in [4.78, 5) is 10.0. The van der Waals surface area contributed by atoms with Crippen LogP contribution in [-0.2, 0) is 6.42 Å². The van der Waals surface area contributed by atoms with Crippen LogP contribution < -0.4 is 4.74 Å². The van der Waals surface area contributed by atoms with Gasteiger partial charge in [0.05, 0.1) is 12.6 Å². The van der Waals surface area contributed by atoms with E-state index >= 15 is 0 Å². The molecule has 0 saturated carbocycles. The van der Waals surface area contributed by atoms with E-state index in [9.17, 15) is 10.1 Å². The summed E-state index contributed by atoms with van der Waals surface area (Å²) < 4.78 is 7.05. The molecule has 84 valence electrons. The van der Waals surface area contributed by atoms with Crippen LogP contribution in [0.2, 0.25) is 0 Å². The highest BCUT2D eigenvalue weighted by Crippen LogP contribution is 2.19. The molecule has 0 bridgehead atoms. The molecule has 5 nitrogen and oxygen atoms in total. The Morgan fingerprint density at radius 1 is 1.44 bits per heavy atom. The molecule has 0 fully saturated rings. The second kappa shape index (κ2) is 4.22. The number of hydrogen-bond acceptors (Lipinski definition) is 3. The Bertz CT molecular complexity index is 519. The number of methoxy groups -OCH3 is 1. The van der Waals surface area contributed by atoms with Gasteiger partial charge in [-0.25, -0.2) is 0 Å². The van der Waals surface area contributed by atoms with Gasteiger partial charge in [-0.15, -0.1) is 0 Å². The Kier molecular flexibility index (Phi) is 2.76. The van der Waals surface area contributed by atoms with Gasteiger partial charge >= 0.3 is 0 Å². The Labute approximate surface area is 92.4 Å². The lowest BCUT2D eigenvalue weighted by atomic mass is 10.2. The van der Waals surface area contributed by atoms with Gasteiger partial charge in [0.25, 0.3) is 0 Å². The van der Waals surface area contributed by atoms with E-state index in [1.807, 2.05) is 35.0 Å². The highest BCUT2D eigenvalue weighted by atomic mass is 16.6. The fourth-order valence-corrected chi connectivity index (χ4v) is 1.69. The Morgan fingerprint density at radius 3 is 2.88 bits per heavy atom. The first-order valence-corrected chi connectivity index (χ1v) is 4.96. The van der Waals surface area contributed by atoms with E-state index in [1.165, 1.54) is 0 Å². The van der Waals surface area contributed by atoms with Gasteiger partial charge in [0, 0.05) is 29.8 Å². The van der Waals surface area contributed by atoms with Gasteiger partial charge in [0.15, 0.2) is 0 Å². The fraction of sp³-hybridized carbons (Fsp3) is 0.273. The topological polar surface area (TPSA) is 56.8 Å². The number of rotatable bonds is 4. The molecule has 2 aromatic heterocycles. The van der Waals surface area contributed by atoms with Crippen LogP contribution >= 0.6 is 0 Å². The molecule has 0 N–H and O–H groups in total. The molecule has 2 rings (SSSR count). The number of ether oxygens (including phenoxy) is 1. The molecule has 0 aliphatic rings. The minimum atomic E-state index is -0.302. The minimum Gasteiger partial charge on any atom is -0.497 e. The Hall–Kier alpha value is -2.04. The van der Waals surface area contributed by atoms with E-state index in [0.29, 0.717) is 6.42 Å². The molecule has 0 aliphatic heterocycles. The van der Waals surface area contributed by atoms with E-state index in [4.69, 9.17) is 4.74 Å². The van der Waals surface area contributed by atoms with Crippen molar-refractivity contribution in [3.63, 3.8) is 0 Å². The second-order valence-electron chi connectivity index (χ2n) is 3.51. The summed E-state index contributed by atoms with van der Waals surface area (Å²) in [5, 5.41) is 10.3. The predicted octanol–water partition coefficient (Wildman–Crippen LogP) is 1.77. The molecule has 0 aromatic carbocycles. The maximum atomic E-state index is 10.3. The predicted molar refractivity (Wildman–Crippen MR) is 59.5 cm³/mol. The lowest BCUT2D eigenvalue weighted by Gasteiger charge is -2.02. The Morgan fingerprint density at radius 2 is 2.19 bits per heavy atom. The van der Waals surface area contributed by atoms with E-state index in [-0.39, 0.29) is 11.5 Å². The molecule has 5 heteroatoms. The SMILES string of the molecule is COc1ccn2ccc(CC[N+](=O)[O-])c2c1. The number of fused-ring (bicyclic) bond motifs is 1. The third-order valence-electron chi connectivity index (χ3n) is 2.52. The van der Waals surface area contributed by atoms with Crippen LogP contribution in [0.1, 0.15) is 5.56 Å². The van der Waals surface area contributed by atoms with Crippen LogP contribution in [-0.4, -0.2) is 23.0 Å². The molecule has 16 heavy (non-hydrogen) atoms. The van der Waals surface area contributed by atoms with Crippen molar-refractivity contribution in [1.29, 1.82) is 0 Å². The summed E-state index contributed by atoms with van der Waals surface area (Å²) in [5.74, 6) is 0.758. The van der Waals surface area contributed by atoms with Crippen LogP contribution in [0.3, 0.4) is 0 Å². The number of hydrogen-bond donors (Lipinski definition) is 0. The summed E-state index contributed by atoms with van der Waals surface area (Å²) in [7, 11) is 1.60. The van der Waals surface area contributed by atoms with Gasteiger partial charge in [-0.3, -0.25) is 10.1 Å². The first-order chi connectivity index (χ1) is 7.70. The van der Waals surface area contributed by atoms with Crippen molar-refractivity contribution in [2.45, 2.75) is 6.42 Å². The molecule has 2 aromatic rings. The second-order valence-corrected chi connectivity index (χ2v) is 3.51. The van der Waals surface area contributed by atoms with Crippen LogP contribution in [0.4, 0.5) is 0 Å².